The highest BCUT2D eigenvalue weighted by Crippen LogP contribution is 2.29. The first kappa shape index (κ1) is 22.6. The molecule has 1 aliphatic rings. The number of benzene rings is 3. The minimum absolute atomic E-state index is 0.298. The lowest BCUT2D eigenvalue weighted by atomic mass is 10.1. The first-order chi connectivity index (χ1) is 15.8. The minimum atomic E-state index is -0.523. The standard InChI is InChI=1S/C27H30O5/c1-28-27-26(31-19-23-15-9-4-10-16-23)25(30-18-22-13-7-3-8-14-22)24(32-27)20-29-17-21-11-5-2-6-12-21/h2-16,24-27H,17-20H2,1H3/t24-,25+,26+,27?/m1/s1. The van der Waals surface area contributed by atoms with Gasteiger partial charge in [0, 0.05) is 7.11 Å². The van der Waals surface area contributed by atoms with Crippen LogP contribution in [0.25, 0.3) is 0 Å². The van der Waals surface area contributed by atoms with Crippen LogP contribution in [0.15, 0.2) is 91.0 Å². The molecule has 3 aromatic rings. The maximum atomic E-state index is 6.33. The Balaban J connectivity index is 1.42. The van der Waals surface area contributed by atoms with Crippen LogP contribution in [-0.2, 0) is 43.5 Å². The van der Waals surface area contributed by atoms with E-state index in [0.717, 1.165) is 16.7 Å². The summed E-state index contributed by atoms with van der Waals surface area (Å²) in [6, 6.07) is 30.3. The van der Waals surface area contributed by atoms with E-state index in [4.69, 9.17) is 23.7 Å². The van der Waals surface area contributed by atoms with Gasteiger partial charge >= 0.3 is 0 Å². The lowest BCUT2D eigenvalue weighted by Crippen LogP contribution is -2.39. The molecule has 0 saturated carbocycles. The Morgan fingerprint density at radius 3 is 1.59 bits per heavy atom. The molecule has 32 heavy (non-hydrogen) atoms. The van der Waals surface area contributed by atoms with Crippen molar-refractivity contribution in [2.24, 2.45) is 0 Å². The molecule has 5 heteroatoms. The Hall–Kier alpha value is -2.54. The van der Waals surface area contributed by atoms with E-state index in [1.54, 1.807) is 7.11 Å². The highest BCUT2D eigenvalue weighted by Gasteiger charge is 2.46. The van der Waals surface area contributed by atoms with Crippen molar-refractivity contribution in [3.05, 3.63) is 108 Å². The van der Waals surface area contributed by atoms with Crippen LogP contribution in [0.5, 0.6) is 0 Å². The molecule has 1 fully saturated rings. The Bertz CT molecular complexity index is 903. The fraction of sp³-hybridized carbons (Fsp3) is 0.333. The molecule has 4 atom stereocenters. The molecule has 0 aromatic heterocycles. The van der Waals surface area contributed by atoms with Gasteiger partial charge in [0.25, 0.3) is 0 Å². The molecule has 5 nitrogen and oxygen atoms in total. The Morgan fingerprint density at radius 2 is 1.09 bits per heavy atom. The summed E-state index contributed by atoms with van der Waals surface area (Å²) >= 11 is 0. The van der Waals surface area contributed by atoms with Crippen molar-refractivity contribution in [2.45, 2.75) is 44.4 Å². The molecular weight excluding hydrogens is 404 g/mol. The van der Waals surface area contributed by atoms with Gasteiger partial charge in [-0.3, -0.25) is 0 Å². The van der Waals surface area contributed by atoms with Gasteiger partial charge in [0.2, 0.25) is 0 Å². The van der Waals surface area contributed by atoms with E-state index in [-0.39, 0.29) is 18.3 Å². The summed E-state index contributed by atoms with van der Waals surface area (Å²) in [4.78, 5) is 0. The monoisotopic (exact) mass is 434 g/mol. The number of rotatable bonds is 11. The minimum Gasteiger partial charge on any atom is -0.374 e. The Kier molecular flexibility index (Phi) is 8.42. The Labute approximate surface area is 189 Å². The largest absolute Gasteiger partial charge is 0.374 e. The average molecular weight is 435 g/mol. The second kappa shape index (κ2) is 11.9. The van der Waals surface area contributed by atoms with Gasteiger partial charge in [-0.2, -0.15) is 0 Å². The second-order valence-electron chi connectivity index (χ2n) is 7.80. The van der Waals surface area contributed by atoms with Gasteiger partial charge in [0.15, 0.2) is 6.29 Å². The predicted molar refractivity (Wildman–Crippen MR) is 122 cm³/mol. The summed E-state index contributed by atoms with van der Waals surface area (Å²) in [6.07, 6.45) is -1.51. The smallest absolute Gasteiger partial charge is 0.186 e. The predicted octanol–water partition coefficient (Wildman–Crippen LogP) is 4.75. The third-order valence-electron chi connectivity index (χ3n) is 5.46. The van der Waals surface area contributed by atoms with Crippen LogP contribution in [-0.4, -0.2) is 38.3 Å². The topological polar surface area (TPSA) is 46.2 Å². The van der Waals surface area contributed by atoms with Crippen LogP contribution in [0.3, 0.4) is 0 Å². The van der Waals surface area contributed by atoms with Crippen molar-refractivity contribution in [3.8, 4) is 0 Å². The third kappa shape index (κ3) is 6.25. The van der Waals surface area contributed by atoms with Crippen molar-refractivity contribution in [1.82, 2.24) is 0 Å². The maximum Gasteiger partial charge on any atom is 0.186 e. The first-order valence-corrected chi connectivity index (χ1v) is 10.9. The Morgan fingerprint density at radius 1 is 0.625 bits per heavy atom. The van der Waals surface area contributed by atoms with Crippen LogP contribution in [0.4, 0.5) is 0 Å². The van der Waals surface area contributed by atoms with Crippen molar-refractivity contribution in [2.75, 3.05) is 13.7 Å². The molecule has 0 amide bonds. The second-order valence-corrected chi connectivity index (χ2v) is 7.80. The fourth-order valence-electron chi connectivity index (χ4n) is 3.79. The summed E-state index contributed by atoms with van der Waals surface area (Å²) in [5.74, 6) is 0. The molecule has 1 unspecified atom stereocenters. The van der Waals surface area contributed by atoms with Crippen molar-refractivity contribution in [1.29, 1.82) is 0 Å². The zero-order valence-electron chi connectivity index (χ0n) is 18.3. The van der Waals surface area contributed by atoms with Gasteiger partial charge < -0.3 is 23.7 Å². The highest BCUT2D eigenvalue weighted by atomic mass is 16.7. The van der Waals surface area contributed by atoms with E-state index < -0.39 is 6.29 Å². The molecule has 4 rings (SSSR count). The molecule has 0 spiro atoms. The van der Waals surface area contributed by atoms with Gasteiger partial charge in [-0.1, -0.05) is 91.0 Å². The van der Waals surface area contributed by atoms with Crippen LogP contribution in [0.1, 0.15) is 16.7 Å². The van der Waals surface area contributed by atoms with E-state index in [1.165, 1.54) is 0 Å². The molecule has 1 saturated heterocycles. The SMILES string of the molecule is COC1O[C@H](COCc2ccccc2)[C@H](OCc2ccccc2)[C@@H]1OCc1ccccc1. The summed E-state index contributed by atoms with van der Waals surface area (Å²) in [7, 11) is 1.63. The molecule has 0 aliphatic carbocycles. The maximum absolute atomic E-state index is 6.33. The van der Waals surface area contributed by atoms with Crippen molar-refractivity contribution < 1.29 is 23.7 Å². The van der Waals surface area contributed by atoms with E-state index in [0.29, 0.717) is 26.4 Å². The van der Waals surface area contributed by atoms with Crippen LogP contribution >= 0.6 is 0 Å². The van der Waals surface area contributed by atoms with Gasteiger partial charge in [-0.05, 0) is 16.7 Å². The zero-order chi connectivity index (χ0) is 22.0. The van der Waals surface area contributed by atoms with Crippen molar-refractivity contribution in [3.63, 3.8) is 0 Å². The fourth-order valence-corrected chi connectivity index (χ4v) is 3.79. The van der Waals surface area contributed by atoms with Crippen molar-refractivity contribution >= 4 is 0 Å². The molecule has 0 bridgehead atoms. The van der Waals surface area contributed by atoms with Crippen LogP contribution in [0.2, 0.25) is 0 Å². The molecule has 0 N–H and O–H groups in total. The molecule has 168 valence electrons. The summed E-state index contributed by atoms with van der Waals surface area (Å²) in [5, 5.41) is 0. The molecular formula is C27H30O5. The van der Waals surface area contributed by atoms with Gasteiger partial charge in [0.05, 0.1) is 26.4 Å². The molecule has 1 heterocycles. The van der Waals surface area contributed by atoms with E-state index in [2.05, 4.69) is 0 Å². The number of hydrogen-bond donors (Lipinski definition) is 0. The molecule has 1 aliphatic heterocycles. The van der Waals surface area contributed by atoms with Gasteiger partial charge in [0.1, 0.15) is 18.3 Å². The van der Waals surface area contributed by atoms with Gasteiger partial charge in [-0.25, -0.2) is 0 Å². The van der Waals surface area contributed by atoms with Crippen LogP contribution in [0, 0.1) is 0 Å². The zero-order valence-corrected chi connectivity index (χ0v) is 18.3. The van der Waals surface area contributed by atoms with Gasteiger partial charge in [-0.15, -0.1) is 0 Å². The summed E-state index contributed by atoms with van der Waals surface area (Å²) in [5.41, 5.74) is 3.31. The highest BCUT2D eigenvalue weighted by molar-refractivity contribution is 5.15. The molecule has 3 aromatic carbocycles. The van der Waals surface area contributed by atoms with E-state index >= 15 is 0 Å². The lowest BCUT2D eigenvalue weighted by molar-refractivity contribution is -0.170. The first-order valence-electron chi connectivity index (χ1n) is 10.9. The van der Waals surface area contributed by atoms with E-state index in [9.17, 15) is 0 Å². The third-order valence-corrected chi connectivity index (χ3v) is 5.46. The van der Waals surface area contributed by atoms with Crippen LogP contribution < -0.4 is 0 Å². The summed E-state index contributed by atoms with van der Waals surface area (Å²) < 4.78 is 30.3. The quantitative estimate of drug-likeness (QED) is 0.436. The number of ether oxygens (including phenoxy) is 5. The van der Waals surface area contributed by atoms with E-state index in [1.807, 2.05) is 91.0 Å². The molecule has 0 radical (unpaired) electrons. The average Bonchev–Trinajstić information content (AvgIpc) is 3.19. The normalized spacial score (nSPS) is 22.8. The number of methoxy groups -OCH3 is 1. The number of hydrogen-bond acceptors (Lipinski definition) is 5. The summed E-state index contributed by atoms with van der Waals surface area (Å²) in [6.45, 7) is 1.82. The lowest BCUT2D eigenvalue weighted by Gasteiger charge is -2.24.